The second-order valence-corrected chi connectivity index (χ2v) is 7.39. The van der Waals surface area contributed by atoms with E-state index in [1.54, 1.807) is 0 Å². The smallest absolute Gasteiger partial charge is 0.0167 e. The predicted octanol–water partition coefficient (Wildman–Crippen LogP) is 3.51. The van der Waals surface area contributed by atoms with Crippen LogP contribution in [-0.2, 0) is 0 Å². The van der Waals surface area contributed by atoms with Crippen LogP contribution in [0.15, 0.2) is 36.4 Å². The molecule has 3 atom stereocenters. The van der Waals surface area contributed by atoms with Crippen LogP contribution < -0.4 is 0 Å². The van der Waals surface area contributed by atoms with Gasteiger partial charge in [0.1, 0.15) is 0 Å². The molecule has 1 aromatic carbocycles. The SMILES string of the molecule is C(=C\c1ccccc1)/CN1CCN([C@@H]2C[C@H]3CC[C@@H]2C3)CC1. The Bertz CT molecular complexity index is 502. The summed E-state index contributed by atoms with van der Waals surface area (Å²) in [4.78, 5) is 5.41. The van der Waals surface area contributed by atoms with Gasteiger partial charge in [-0.1, -0.05) is 48.9 Å². The molecular formula is C20H28N2. The molecule has 118 valence electrons. The molecule has 2 heteroatoms. The Hall–Kier alpha value is -1.12. The van der Waals surface area contributed by atoms with Crippen molar-refractivity contribution in [3.8, 4) is 0 Å². The predicted molar refractivity (Wildman–Crippen MR) is 92.7 cm³/mol. The molecule has 0 radical (unpaired) electrons. The van der Waals surface area contributed by atoms with Gasteiger partial charge in [0.05, 0.1) is 0 Å². The summed E-state index contributed by atoms with van der Waals surface area (Å²) in [5.74, 6) is 2.11. The van der Waals surface area contributed by atoms with Crippen molar-refractivity contribution in [2.45, 2.75) is 31.7 Å². The van der Waals surface area contributed by atoms with Crippen LogP contribution in [0.3, 0.4) is 0 Å². The van der Waals surface area contributed by atoms with E-state index in [9.17, 15) is 0 Å². The fourth-order valence-electron chi connectivity index (χ4n) is 4.84. The fraction of sp³-hybridized carbons (Fsp3) is 0.600. The van der Waals surface area contributed by atoms with Crippen molar-refractivity contribution in [1.82, 2.24) is 9.80 Å². The van der Waals surface area contributed by atoms with Crippen LogP contribution in [0.5, 0.6) is 0 Å². The molecule has 1 aliphatic heterocycles. The average Bonchev–Trinajstić information content (AvgIpc) is 3.20. The van der Waals surface area contributed by atoms with Gasteiger partial charge in [0.15, 0.2) is 0 Å². The summed E-state index contributed by atoms with van der Waals surface area (Å²) in [5, 5.41) is 0. The topological polar surface area (TPSA) is 6.48 Å². The quantitative estimate of drug-likeness (QED) is 0.839. The zero-order chi connectivity index (χ0) is 14.8. The normalized spacial score (nSPS) is 33.0. The van der Waals surface area contributed by atoms with Gasteiger partial charge in [-0.05, 0) is 36.7 Å². The van der Waals surface area contributed by atoms with Crippen molar-refractivity contribution in [2.24, 2.45) is 11.8 Å². The van der Waals surface area contributed by atoms with Gasteiger partial charge in [-0.2, -0.15) is 0 Å². The van der Waals surface area contributed by atoms with Crippen LogP contribution in [0.2, 0.25) is 0 Å². The van der Waals surface area contributed by atoms with Crippen molar-refractivity contribution >= 4 is 6.08 Å². The van der Waals surface area contributed by atoms with E-state index in [1.165, 1.54) is 57.4 Å². The minimum atomic E-state index is 0.931. The van der Waals surface area contributed by atoms with Crippen LogP contribution in [0.1, 0.15) is 31.2 Å². The molecule has 0 unspecified atom stereocenters. The average molecular weight is 296 g/mol. The molecule has 4 rings (SSSR count). The summed E-state index contributed by atoms with van der Waals surface area (Å²) < 4.78 is 0. The van der Waals surface area contributed by atoms with Crippen molar-refractivity contribution in [1.29, 1.82) is 0 Å². The second-order valence-electron chi connectivity index (χ2n) is 7.39. The Balaban J connectivity index is 1.23. The molecule has 2 aliphatic carbocycles. The molecule has 1 heterocycles. The summed E-state index contributed by atoms with van der Waals surface area (Å²) in [6.45, 7) is 6.15. The van der Waals surface area contributed by atoms with Gasteiger partial charge in [0.25, 0.3) is 0 Å². The number of fused-ring (bicyclic) bond motifs is 2. The molecule has 0 N–H and O–H groups in total. The standard InChI is InChI=1S/C20H28N2/c1-2-5-17(6-3-1)7-4-10-21-11-13-22(14-12-21)20-16-18-8-9-19(20)15-18/h1-7,18-20H,8-16H2/b7-4+/t18-,19+,20+/m0/s1. The largest absolute Gasteiger partial charge is 0.298 e. The number of hydrogen-bond donors (Lipinski definition) is 0. The Labute approximate surface area is 134 Å². The maximum absolute atomic E-state index is 2.81. The highest BCUT2D eigenvalue weighted by Crippen LogP contribution is 2.46. The van der Waals surface area contributed by atoms with Crippen LogP contribution >= 0.6 is 0 Å². The van der Waals surface area contributed by atoms with Crippen LogP contribution in [0.25, 0.3) is 6.08 Å². The van der Waals surface area contributed by atoms with Crippen molar-refractivity contribution < 1.29 is 0 Å². The first-order chi connectivity index (χ1) is 10.9. The highest BCUT2D eigenvalue weighted by Gasteiger charge is 2.42. The Morgan fingerprint density at radius 2 is 1.77 bits per heavy atom. The van der Waals surface area contributed by atoms with E-state index < -0.39 is 0 Å². The van der Waals surface area contributed by atoms with Gasteiger partial charge < -0.3 is 0 Å². The molecule has 0 aromatic heterocycles. The van der Waals surface area contributed by atoms with Gasteiger partial charge in [-0.15, -0.1) is 0 Å². The molecule has 2 bridgehead atoms. The van der Waals surface area contributed by atoms with E-state index in [2.05, 4.69) is 52.3 Å². The third kappa shape index (κ3) is 3.13. The first kappa shape index (κ1) is 14.5. The number of nitrogens with zero attached hydrogens (tertiary/aromatic N) is 2. The molecule has 0 spiro atoms. The van der Waals surface area contributed by atoms with E-state index in [1.807, 2.05) is 0 Å². The van der Waals surface area contributed by atoms with Crippen molar-refractivity contribution in [3.63, 3.8) is 0 Å². The van der Waals surface area contributed by atoms with Gasteiger partial charge in [-0.25, -0.2) is 0 Å². The third-order valence-electron chi connectivity index (χ3n) is 6.05. The summed E-state index contributed by atoms with van der Waals surface area (Å²) in [6, 6.07) is 11.6. The van der Waals surface area contributed by atoms with Gasteiger partial charge in [-0.3, -0.25) is 9.80 Å². The highest BCUT2D eigenvalue weighted by atomic mass is 15.3. The first-order valence-electron chi connectivity index (χ1n) is 9.06. The highest BCUT2D eigenvalue weighted by molar-refractivity contribution is 5.48. The Morgan fingerprint density at radius 3 is 2.45 bits per heavy atom. The van der Waals surface area contributed by atoms with Crippen LogP contribution in [0, 0.1) is 11.8 Å². The zero-order valence-electron chi connectivity index (χ0n) is 13.5. The molecule has 1 aromatic rings. The lowest BCUT2D eigenvalue weighted by Gasteiger charge is -2.40. The van der Waals surface area contributed by atoms with Crippen LogP contribution in [-0.4, -0.2) is 48.6 Å². The van der Waals surface area contributed by atoms with Gasteiger partial charge in [0, 0.05) is 38.8 Å². The molecule has 1 saturated heterocycles. The van der Waals surface area contributed by atoms with Crippen LogP contribution in [0.4, 0.5) is 0 Å². The number of benzene rings is 1. The molecule has 2 nitrogen and oxygen atoms in total. The maximum atomic E-state index is 2.81. The molecule has 3 aliphatic rings. The van der Waals surface area contributed by atoms with E-state index >= 15 is 0 Å². The van der Waals surface area contributed by atoms with Gasteiger partial charge >= 0.3 is 0 Å². The minimum absolute atomic E-state index is 0.931. The first-order valence-corrected chi connectivity index (χ1v) is 9.06. The van der Waals surface area contributed by atoms with E-state index in [0.717, 1.165) is 24.4 Å². The minimum Gasteiger partial charge on any atom is -0.298 e. The Kier molecular flexibility index (Phi) is 4.31. The van der Waals surface area contributed by atoms with E-state index in [0.29, 0.717) is 0 Å². The molecule has 2 saturated carbocycles. The molecule has 0 amide bonds. The third-order valence-corrected chi connectivity index (χ3v) is 6.05. The van der Waals surface area contributed by atoms with Crippen molar-refractivity contribution in [3.05, 3.63) is 42.0 Å². The number of rotatable bonds is 4. The lowest BCUT2D eigenvalue weighted by Crippen LogP contribution is -2.51. The maximum Gasteiger partial charge on any atom is 0.0167 e. The van der Waals surface area contributed by atoms with E-state index in [4.69, 9.17) is 0 Å². The lowest BCUT2D eigenvalue weighted by atomic mass is 9.93. The molecule has 3 fully saturated rings. The summed E-state index contributed by atoms with van der Waals surface area (Å²) in [7, 11) is 0. The lowest BCUT2D eigenvalue weighted by molar-refractivity contribution is 0.0765. The molecular weight excluding hydrogens is 268 g/mol. The molecule has 22 heavy (non-hydrogen) atoms. The summed E-state index contributed by atoms with van der Waals surface area (Å²) >= 11 is 0. The zero-order valence-corrected chi connectivity index (χ0v) is 13.5. The van der Waals surface area contributed by atoms with Gasteiger partial charge in [0.2, 0.25) is 0 Å². The Morgan fingerprint density at radius 1 is 0.955 bits per heavy atom. The van der Waals surface area contributed by atoms with E-state index in [-0.39, 0.29) is 0 Å². The number of hydrogen-bond acceptors (Lipinski definition) is 2. The second kappa shape index (κ2) is 6.55. The van der Waals surface area contributed by atoms with Crippen molar-refractivity contribution in [2.75, 3.05) is 32.7 Å². The number of piperazine rings is 1. The monoisotopic (exact) mass is 296 g/mol. The summed E-state index contributed by atoms with van der Waals surface area (Å²) in [6.07, 6.45) is 10.6. The summed E-state index contributed by atoms with van der Waals surface area (Å²) in [5.41, 5.74) is 1.31. The fourth-order valence-corrected chi connectivity index (χ4v) is 4.84.